The van der Waals surface area contributed by atoms with Gasteiger partial charge in [0.1, 0.15) is 6.10 Å². The highest BCUT2D eigenvalue weighted by molar-refractivity contribution is 5.44. The number of ether oxygens (including phenoxy) is 1. The van der Waals surface area contributed by atoms with Crippen molar-refractivity contribution in [2.24, 2.45) is 0 Å². The summed E-state index contributed by atoms with van der Waals surface area (Å²) in [5.74, 6) is 0. The van der Waals surface area contributed by atoms with Crippen LogP contribution in [-0.4, -0.2) is 30.6 Å². The number of likely N-dealkylation sites (tertiary alicyclic amines) is 1. The molecule has 0 radical (unpaired) electrons. The highest BCUT2D eigenvalue weighted by atomic mass is 16.5. The maximum atomic E-state index is 5.56. The lowest BCUT2D eigenvalue weighted by molar-refractivity contribution is 0.135. The molecule has 1 fully saturated rings. The van der Waals surface area contributed by atoms with Gasteiger partial charge >= 0.3 is 0 Å². The average Bonchev–Trinajstić information content (AvgIpc) is 3.01. The van der Waals surface area contributed by atoms with Crippen molar-refractivity contribution in [2.45, 2.75) is 38.3 Å². The highest BCUT2D eigenvalue weighted by Gasteiger charge is 2.12. The van der Waals surface area contributed by atoms with E-state index in [0.29, 0.717) is 6.10 Å². The first-order valence-corrected chi connectivity index (χ1v) is 7.76. The van der Waals surface area contributed by atoms with Crippen LogP contribution in [0.3, 0.4) is 0 Å². The quantitative estimate of drug-likeness (QED) is 0.889. The van der Waals surface area contributed by atoms with E-state index in [4.69, 9.17) is 4.74 Å². The third-order valence-corrected chi connectivity index (χ3v) is 4.12. The SMILES string of the molecule is C1=COC(CNc2ccc(CN3CCCC3)cc2)CC1. The molecule has 20 heavy (non-hydrogen) atoms. The summed E-state index contributed by atoms with van der Waals surface area (Å²) in [6.07, 6.45) is 9.17. The van der Waals surface area contributed by atoms with Crippen LogP contribution in [0.1, 0.15) is 31.2 Å². The van der Waals surface area contributed by atoms with Crippen molar-refractivity contribution >= 4 is 5.69 Å². The molecule has 3 rings (SSSR count). The van der Waals surface area contributed by atoms with E-state index in [1.165, 1.54) is 37.2 Å². The van der Waals surface area contributed by atoms with E-state index in [2.05, 4.69) is 40.6 Å². The number of nitrogens with zero attached hydrogens (tertiary/aromatic N) is 1. The zero-order valence-corrected chi connectivity index (χ0v) is 12.1. The summed E-state index contributed by atoms with van der Waals surface area (Å²) in [7, 11) is 0. The largest absolute Gasteiger partial charge is 0.497 e. The highest BCUT2D eigenvalue weighted by Crippen LogP contribution is 2.16. The molecule has 0 saturated carbocycles. The maximum Gasteiger partial charge on any atom is 0.115 e. The molecule has 0 bridgehead atoms. The minimum atomic E-state index is 0.310. The number of anilines is 1. The van der Waals surface area contributed by atoms with Crippen LogP contribution in [0.2, 0.25) is 0 Å². The fourth-order valence-corrected chi connectivity index (χ4v) is 2.89. The number of nitrogens with one attached hydrogen (secondary N) is 1. The molecule has 0 amide bonds. The van der Waals surface area contributed by atoms with Crippen LogP contribution in [-0.2, 0) is 11.3 Å². The Bertz CT molecular complexity index is 435. The predicted octanol–water partition coefficient (Wildman–Crippen LogP) is 3.39. The second kappa shape index (κ2) is 6.80. The van der Waals surface area contributed by atoms with Crippen LogP contribution in [0.15, 0.2) is 36.6 Å². The van der Waals surface area contributed by atoms with Crippen molar-refractivity contribution in [2.75, 3.05) is 25.0 Å². The average molecular weight is 272 g/mol. The summed E-state index contributed by atoms with van der Waals surface area (Å²) in [6, 6.07) is 8.85. The van der Waals surface area contributed by atoms with Gasteiger partial charge in [0, 0.05) is 12.2 Å². The number of benzene rings is 1. The van der Waals surface area contributed by atoms with Crippen molar-refractivity contribution in [1.29, 1.82) is 0 Å². The molecular formula is C17H24N2O. The van der Waals surface area contributed by atoms with E-state index in [-0.39, 0.29) is 0 Å². The van der Waals surface area contributed by atoms with Crippen molar-refractivity contribution in [1.82, 2.24) is 4.90 Å². The molecular weight excluding hydrogens is 248 g/mol. The zero-order valence-electron chi connectivity index (χ0n) is 12.1. The smallest absolute Gasteiger partial charge is 0.115 e. The summed E-state index contributed by atoms with van der Waals surface area (Å²) in [5, 5.41) is 3.46. The maximum absolute atomic E-state index is 5.56. The standard InChI is InChI=1S/C17H24N2O/c1-4-12-20-17(5-1)13-18-16-8-6-15(7-9-16)14-19-10-2-3-11-19/h4,6-9,12,17-18H,1-3,5,10-11,13-14H2. The van der Waals surface area contributed by atoms with E-state index >= 15 is 0 Å². The molecule has 2 aliphatic rings. The Morgan fingerprint density at radius 2 is 1.95 bits per heavy atom. The van der Waals surface area contributed by atoms with Gasteiger partial charge in [-0.3, -0.25) is 4.90 Å². The van der Waals surface area contributed by atoms with Crippen LogP contribution in [0, 0.1) is 0 Å². The number of hydrogen-bond acceptors (Lipinski definition) is 3. The minimum Gasteiger partial charge on any atom is -0.497 e. The molecule has 1 atom stereocenters. The molecule has 1 saturated heterocycles. The second-order valence-electron chi connectivity index (χ2n) is 5.77. The molecule has 3 heteroatoms. The van der Waals surface area contributed by atoms with E-state index in [0.717, 1.165) is 25.9 Å². The lowest BCUT2D eigenvalue weighted by Crippen LogP contribution is -2.23. The topological polar surface area (TPSA) is 24.5 Å². The first-order valence-electron chi connectivity index (χ1n) is 7.76. The summed E-state index contributed by atoms with van der Waals surface area (Å²) < 4.78 is 5.56. The minimum absolute atomic E-state index is 0.310. The molecule has 2 heterocycles. The van der Waals surface area contributed by atoms with Crippen molar-refractivity contribution in [3.63, 3.8) is 0 Å². The first-order chi connectivity index (χ1) is 9.90. The molecule has 1 aromatic rings. The monoisotopic (exact) mass is 272 g/mol. The van der Waals surface area contributed by atoms with Gasteiger partial charge in [0.25, 0.3) is 0 Å². The lowest BCUT2D eigenvalue weighted by Gasteiger charge is -2.20. The molecule has 1 aromatic carbocycles. The normalized spacial score (nSPS) is 22.7. The van der Waals surface area contributed by atoms with Gasteiger partial charge in [-0.25, -0.2) is 0 Å². The molecule has 0 aromatic heterocycles. The van der Waals surface area contributed by atoms with Gasteiger partial charge < -0.3 is 10.1 Å². The van der Waals surface area contributed by atoms with Gasteiger partial charge in [0.05, 0.1) is 12.8 Å². The third-order valence-electron chi connectivity index (χ3n) is 4.12. The van der Waals surface area contributed by atoms with Crippen LogP contribution in [0.4, 0.5) is 5.69 Å². The molecule has 0 aliphatic carbocycles. The molecule has 2 aliphatic heterocycles. The van der Waals surface area contributed by atoms with Crippen molar-refractivity contribution in [3.05, 3.63) is 42.2 Å². The zero-order chi connectivity index (χ0) is 13.6. The van der Waals surface area contributed by atoms with Gasteiger partial charge in [0.2, 0.25) is 0 Å². The van der Waals surface area contributed by atoms with E-state index < -0.39 is 0 Å². The van der Waals surface area contributed by atoms with E-state index in [1.54, 1.807) is 0 Å². The van der Waals surface area contributed by atoms with Gasteiger partial charge in [-0.1, -0.05) is 12.1 Å². The summed E-state index contributed by atoms with van der Waals surface area (Å²) in [5.41, 5.74) is 2.60. The molecule has 1 N–H and O–H groups in total. The van der Waals surface area contributed by atoms with Crippen LogP contribution < -0.4 is 5.32 Å². The molecule has 1 unspecified atom stereocenters. The van der Waals surface area contributed by atoms with Crippen LogP contribution >= 0.6 is 0 Å². The lowest BCUT2D eigenvalue weighted by atomic mass is 10.1. The summed E-state index contributed by atoms with van der Waals surface area (Å²) in [4.78, 5) is 2.53. The number of hydrogen-bond donors (Lipinski definition) is 1. The number of allylic oxidation sites excluding steroid dienone is 1. The Morgan fingerprint density at radius 1 is 1.15 bits per heavy atom. The van der Waals surface area contributed by atoms with Crippen LogP contribution in [0.5, 0.6) is 0 Å². The van der Waals surface area contributed by atoms with E-state index in [1.807, 2.05) is 6.26 Å². The van der Waals surface area contributed by atoms with Crippen LogP contribution in [0.25, 0.3) is 0 Å². The van der Waals surface area contributed by atoms with Gasteiger partial charge in [-0.05, 0) is 62.5 Å². The second-order valence-corrected chi connectivity index (χ2v) is 5.77. The Morgan fingerprint density at radius 3 is 2.65 bits per heavy atom. The molecule has 3 nitrogen and oxygen atoms in total. The Kier molecular flexibility index (Phi) is 4.59. The first kappa shape index (κ1) is 13.5. The Labute approximate surface area is 121 Å². The summed E-state index contributed by atoms with van der Waals surface area (Å²) >= 11 is 0. The fourth-order valence-electron chi connectivity index (χ4n) is 2.89. The Balaban J connectivity index is 1.46. The Hall–Kier alpha value is -1.48. The van der Waals surface area contributed by atoms with Crippen molar-refractivity contribution in [3.8, 4) is 0 Å². The molecule has 0 spiro atoms. The van der Waals surface area contributed by atoms with Gasteiger partial charge in [0.15, 0.2) is 0 Å². The molecule has 108 valence electrons. The van der Waals surface area contributed by atoms with Gasteiger partial charge in [-0.2, -0.15) is 0 Å². The van der Waals surface area contributed by atoms with E-state index in [9.17, 15) is 0 Å². The fraction of sp³-hybridized carbons (Fsp3) is 0.529. The van der Waals surface area contributed by atoms with Gasteiger partial charge in [-0.15, -0.1) is 0 Å². The summed E-state index contributed by atoms with van der Waals surface area (Å²) in [6.45, 7) is 4.49. The number of rotatable bonds is 5. The van der Waals surface area contributed by atoms with Crippen molar-refractivity contribution < 1.29 is 4.74 Å². The third kappa shape index (κ3) is 3.76. The predicted molar refractivity (Wildman–Crippen MR) is 82.7 cm³/mol.